The second kappa shape index (κ2) is 6.35. The maximum atomic E-state index is 12.0. The van der Waals surface area contributed by atoms with E-state index in [-0.39, 0.29) is 11.3 Å². The van der Waals surface area contributed by atoms with Crippen molar-refractivity contribution < 1.29 is 4.79 Å². The highest BCUT2D eigenvalue weighted by Gasteiger charge is 2.21. The van der Waals surface area contributed by atoms with Gasteiger partial charge in [-0.2, -0.15) is 0 Å². The van der Waals surface area contributed by atoms with E-state index in [1.807, 2.05) is 0 Å². The molecule has 0 spiro atoms. The van der Waals surface area contributed by atoms with E-state index in [4.69, 9.17) is 11.6 Å². The van der Waals surface area contributed by atoms with Gasteiger partial charge in [0.25, 0.3) is 0 Å². The van der Waals surface area contributed by atoms with Gasteiger partial charge in [-0.3, -0.25) is 4.79 Å². The molecule has 0 N–H and O–H groups in total. The van der Waals surface area contributed by atoms with E-state index in [0.717, 1.165) is 18.5 Å². The van der Waals surface area contributed by atoms with Gasteiger partial charge in [0.1, 0.15) is 0 Å². The summed E-state index contributed by atoms with van der Waals surface area (Å²) in [4.78, 5) is 14.2. The molecule has 0 aliphatic rings. The van der Waals surface area contributed by atoms with Gasteiger partial charge in [0.05, 0.1) is 0 Å². The molecule has 2 nitrogen and oxygen atoms in total. The van der Waals surface area contributed by atoms with E-state index in [0.29, 0.717) is 11.4 Å². The first-order chi connectivity index (χ1) is 8.36. The Kier molecular flexibility index (Phi) is 5.36. The average Bonchev–Trinajstić information content (AvgIpc) is 2.36. The number of carbonyl (C=O) groups is 1. The molecule has 0 aliphatic heterocycles. The SMILES string of the molecule is CCC(C)(C)N(C)CCC(=O)c1ccc(Cl)cc1. The molecule has 0 saturated heterocycles. The summed E-state index contributed by atoms with van der Waals surface area (Å²) < 4.78 is 0. The summed E-state index contributed by atoms with van der Waals surface area (Å²) in [6.07, 6.45) is 1.61. The van der Waals surface area contributed by atoms with E-state index in [1.165, 1.54) is 0 Å². The summed E-state index contributed by atoms with van der Waals surface area (Å²) in [6, 6.07) is 7.09. The lowest BCUT2D eigenvalue weighted by molar-refractivity contribution is 0.0929. The van der Waals surface area contributed by atoms with Crippen molar-refractivity contribution in [1.29, 1.82) is 0 Å². The molecule has 0 aliphatic carbocycles. The van der Waals surface area contributed by atoms with E-state index < -0.39 is 0 Å². The van der Waals surface area contributed by atoms with E-state index in [9.17, 15) is 4.79 Å². The molecule has 1 aromatic rings. The second-order valence-corrected chi connectivity index (χ2v) is 5.70. The first-order valence-electron chi connectivity index (χ1n) is 6.37. The first-order valence-corrected chi connectivity index (χ1v) is 6.74. The molecule has 0 unspecified atom stereocenters. The molecule has 100 valence electrons. The van der Waals surface area contributed by atoms with Gasteiger partial charge in [-0.1, -0.05) is 18.5 Å². The molecular weight excluding hydrogens is 246 g/mol. The number of nitrogens with zero attached hydrogens (tertiary/aromatic N) is 1. The van der Waals surface area contributed by atoms with Gasteiger partial charge >= 0.3 is 0 Å². The lowest BCUT2D eigenvalue weighted by Crippen LogP contribution is -2.41. The maximum Gasteiger partial charge on any atom is 0.164 e. The Labute approximate surface area is 115 Å². The monoisotopic (exact) mass is 267 g/mol. The van der Waals surface area contributed by atoms with Crippen molar-refractivity contribution in [2.75, 3.05) is 13.6 Å². The summed E-state index contributed by atoms with van der Waals surface area (Å²) in [6.45, 7) is 7.33. The van der Waals surface area contributed by atoms with Gasteiger partial charge in [0.15, 0.2) is 5.78 Å². The molecule has 1 aromatic carbocycles. The predicted octanol–water partition coefficient (Wildman–Crippen LogP) is 4.03. The van der Waals surface area contributed by atoms with Crippen LogP contribution in [0, 0.1) is 0 Å². The van der Waals surface area contributed by atoms with Crippen LogP contribution < -0.4 is 0 Å². The van der Waals surface area contributed by atoms with Crippen molar-refractivity contribution in [3.8, 4) is 0 Å². The molecule has 0 radical (unpaired) electrons. The summed E-state index contributed by atoms with van der Waals surface area (Å²) >= 11 is 5.80. The van der Waals surface area contributed by atoms with Crippen LogP contribution in [0.25, 0.3) is 0 Å². The maximum absolute atomic E-state index is 12.0. The minimum Gasteiger partial charge on any atom is -0.301 e. The third kappa shape index (κ3) is 4.11. The van der Waals surface area contributed by atoms with Crippen molar-refractivity contribution >= 4 is 17.4 Å². The minimum atomic E-state index is 0.139. The van der Waals surface area contributed by atoms with Crippen LogP contribution in [-0.4, -0.2) is 29.8 Å². The number of hydrogen-bond acceptors (Lipinski definition) is 2. The van der Waals surface area contributed by atoms with Gasteiger partial charge in [-0.25, -0.2) is 0 Å². The number of ketones is 1. The van der Waals surface area contributed by atoms with Crippen LogP contribution in [-0.2, 0) is 0 Å². The molecule has 3 heteroatoms. The van der Waals surface area contributed by atoms with E-state index in [1.54, 1.807) is 24.3 Å². The Morgan fingerprint density at radius 3 is 2.33 bits per heavy atom. The third-order valence-electron chi connectivity index (χ3n) is 3.74. The Morgan fingerprint density at radius 2 is 1.83 bits per heavy atom. The van der Waals surface area contributed by atoms with E-state index >= 15 is 0 Å². The zero-order valence-corrected chi connectivity index (χ0v) is 12.4. The summed E-state index contributed by atoms with van der Waals surface area (Å²) in [5.74, 6) is 0.172. The molecule has 0 saturated carbocycles. The van der Waals surface area contributed by atoms with Crippen LogP contribution >= 0.6 is 11.6 Å². The number of carbonyl (C=O) groups excluding carboxylic acids is 1. The number of Topliss-reactive ketones (excluding diaryl/α,β-unsaturated/α-hetero) is 1. The van der Waals surface area contributed by atoms with Crippen molar-refractivity contribution in [1.82, 2.24) is 4.90 Å². The molecule has 0 heterocycles. The Morgan fingerprint density at radius 1 is 1.28 bits per heavy atom. The third-order valence-corrected chi connectivity index (χ3v) is 3.99. The lowest BCUT2D eigenvalue weighted by atomic mass is 9.99. The number of halogens is 1. The van der Waals surface area contributed by atoms with Gasteiger partial charge in [-0.05, 0) is 51.6 Å². The molecule has 18 heavy (non-hydrogen) atoms. The molecule has 0 aromatic heterocycles. The summed E-state index contributed by atoms with van der Waals surface area (Å²) in [5, 5.41) is 0.663. The largest absolute Gasteiger partial charge is 0.301 e. The summed E-state index contributed by atoms with van der Waals surface area (Å²) in [7, 11) is 2.07. The van der Waals surface area contributed by atoms with E-state index in [2.05, 4.69) is 32.7 Å². The highest BCUT2D eigenvalue weighted by molar-refractivity contribution is 6.30. The van der Waals surface area contributed by atoms with Crippen LogP contribution in [0.2, 0.25) is 5.02 Å². The molecule has 0 atom stereocenters. The molecule has 0 fully saturated rings. The smallest absolute Gasteiger partial charge is 0.164 e. The van der Waals surface area contributed by atoms with Crippen LogP contribution in [0.3, 0.4) is 0 Å². The molecule has 0 amide bonds. The zero-order chi connectivity index (χ0) is 13.8. The first kappa shape index (κ1) is 15.2. The van der Waals surface area contributed by atoms with Gasteiger partial charge in [-0.15, -0.1) is 0 Å². The number of hydrogen-bond donors (Lipinski definition) is 0. The molecule has 1 rings (SSSR count). The van der Waals surface area contributed by atoms with Gasteiger partial charge < -0.3 is 4.90 Å². The topological polar surface area (TPSA) is 20.3 Å². The predicted molar refractivity (Wildman–Crippen MR) is 77.4 cm³/mol. The highest BCUT2D eigenvalue weighted by atomic mass is 35.5. The van der Waals surface area contributed by atoms with Gasteiger partial charge in [0.2, 0.25) is 0 Å². The molecular formula is C15H22ClNO. The van der Waals surface area contributed by atoms with Gasteiger partial charge in [0, 0.05) is 29.1 Å². The Hall–Kier alpha value is -0.860. The standard InChI is InChI=1S/C15H22ClNO/c1-5-15(2,3)17(4)11-10-14(18)12-6-8-13(16)9-7-12/h6-9H,5,10-11H2,1-4H3. The van der Waals surface area contributed by atoms with Crippen LogP contribution in [0.5, 0.6) is 0 Å². The van der Waals surface area contributed by atoms with Crippen LogP contribution in [0.15, 0.2) is 24.3 Å². The van der Waals surface area contributed by atoms with Crippen LogP contribution in [0.1, 0.15) is 44.0 Å². The number of rotatable bonds is 6. The van der Waals surface area contributed by atoms with Crippen LogP contribution in [0.4, 0.5) is 0 Å². The normalized spacial score (nSPS) is 11.9. The number of benzene rings is 1. The average molecular weight is 268 g/mol. The highest BCUT2D eigenvalue weighted by Crippen LogP contribution is 2.17. The second-order valence-electron chi connectivity index (χ2n) is 5.27. The fourth-order valence-electron chi connectivity index (χ4n) is 1.62. The Bertz CT molecular complexity index is 397. The fraction of sp³-hybridized carbons (Fsp3) is 0.533. The van der Waals surface area contributed by atoms with Crippen molar-refractivity contribution in [2.45, 2.75) is 39.2 Å². The fourth-order valence-corrected chi connectivity index (χ4v) is 1.75. The quantitative estimate of drug-likeness (QED) is 0.725. The zero-order valence-electron chi connectivity index (χ0n) is 11.7. The van der Waals surface area contributed by atoms with Crippen molar-refractivity contribution in [3.05, 3.63) is 34.9 Å². The summed E-state index contributed by atoms with van der Waals surface area (Å²) in [5.41, 5.74) is 0.877. The molecule has 0 bridgehead atoms. The minimum absolute atomic E-state index is 0.139. The van der Waals surface area contributed by atoms with Crippen molar-refractivity contribution in [2.24, 2.45) is 0 Å². The van der Waals surface area contributed by atoms with Crippen molar-refractivity contribution in [3.63, 3.8) is 0 Å². The lowest BCUT2D eigenvalue weighted by Gasteiger charge is -2.34. The Balaban J connectivity index is 2.54.